The van der Waals surface area contributed by atoms with Gasteiger partial charge in [-0.05, 0) is 59.6 Å². The molecular weight excluding hydrogens is 356 g/mol. The molecule has 1 amide bonds. The number of amides is 1. The number of aliphatic hydroxyl groups is 1. The summed E-state index contributed by atoms with van der Waals surface area (Å²) in [5.41, 5.74) is 0.319. The third-order valence-corrected chi connectivity index (χ3v) is 5.15. The van der Waals surface area contributed by atoms with Crippen molar-refractivity contribution in [1.29, 1.82) is 0 Å². The summed E-state index contributed by atoms with van der Waals surface area (Å²) in [6.45, 7) is 9.94. The normalized spacial score (nSPS) is 20.5. The smallest absolute Gasteiger partial charge is 0.259 e. The van der Waals surface area contributed by atoms with E-state index in [1.54, 1.807) is 38.4 Å². The lowest BCUT2D eigenvalue weighted by molar-refractivity contribution is 0.0550. The first kappa shape index (κ1) is 20.3. The first-order valence-corrected chi connectivity index (χ1v) is 9.86. The quantitative estimate of drug-likeness (QED) is 0.854. The monoisotopic (exact) mass is 386 g/mol. The Morgan fingerprint density at radius 3 is 2.75 bits per heavy atom. The average Bonchev–Trinajstić information content (AvgIpc) is 3.12. The molecule has 1 aliphatic heterocycles. The van der Waals surface area contributed by atoms with Gasteiger partial charge < -0.3 is 14.7 Å². The van der Waals surface area contributed by atoms with Gasteiger partial charge in [0, 0.05) is 30.5 Å². The van der Waals surface area contributed by atoms with Gasteiger partial charge in [0.2, 0.25) is 5.88 Å². The second kappa shape index (κ2) is 7.91. The molecule has 2 aromatic heterocycles. The lowest BCUT2D eigenvalue weighted by atomic mass is 9.98. The van der Waals surface area contributed by atoms with Crippen LogP contribution in [0.3, 0.4) is 0 Å². The number of pyridine rings is 1. The Hall–Kier alpha value is -2.41. The van der Waals surface area contributed by atoms with E-state index < -0.39 is 5.60 Å². The molecule has 0 aromatic carbocycles. The second-order valence-corrected chi connectivity index (χ2v) is 8.33. The molecular formula is C21H30N4O3. The highest BCUT2D eigenvalue weighted by molar-refractivity contribution is 5.96. The van der Waals surface area contributed by atoms with Crippen LogP contribution in [0.4, 0.5) is 0 Å². The highest BCUT2D eigenvalue weighted by Crippen LogP contribution is 2.30. The summed E-state index contributed by atoms with van der Waals surface area (Å²) in [4.78, 5) is 19.4. The van der Waals surface area contributed by atoms with Crippen LogP contribution in [-0.2, 0) is 5.60 Å². The van der Waals surface area contributed by atoms with Gasteiger partial charge in [0.1, 0.15) is 5.56 Å². The Morgan fingerprint density at radius 1 is 1.36 bits per heavy atom. The maximum absolute atomic E-state index is 13.3. The van der Waals surface area contributed by atoms with Gasteiger partial charge in [0.25, 0.3) is 5.91 Å². The molecule has 1 aliphatic rings. The molecule has 1 N–H and O–H groups in total. The van der Waals surface area contributed by atoms with Crippen LogP contribution in [-0.4, -0.2) is 49.4 Å². The van der Waals surface area contributed by atoms with Crippen molar-refractivity contribution in [3.8, 4) is 5.88 Å². The van der Waals surface area contributed by atoms with E-state index in [9.17, 15) is 9.90 Å². The molecule has 0 saturated carbocycles. The van der Waals surface area contributed by atoms with E-state index in [4.69, 9.17) is 4.74 Å². The minimum absolute atomic E-state index is 0.0580. The van der Waals surface area contributed by atoms with Crippen LogP contribution in [0.1, 0.15) is 69.4 Å². The summed E-state index contributed by atoms with van der Waals surface area (Å²) in [6, 6.07) is 3.72. The number of aromatic nitrogens is 3. The highest BCUT2D eigenvalue weighted by atomic mass is 16.5. The van der Waals surface area contributed by atoms with Gasteiger partial charge in [-0.15, -0.1) is 0 Å². The SMILES string of the molecule is CC(C)Oc1ncccc1C(=O)N1C[C@H](n2cc(C(C)(C)O)cn2)CC[C@H]1C. The lowest BCUT2D eigenvalue weighted by Gasteiger charge is -2.38. The second-order valence-electron chi connectivity index (χ2n) is 8.33. The fourth-order valence-corrected chi connectivity index (χ4v) is 3.47. The van der Waals surface area contributed by atoms with E-state index in [0.29, 0.717) is 18.0 Å². The Bertz CT molecular complexity index is 825. The summed E-state index contributed by atoms with van der Waals surface area (Å²) in [5.74, 6) is 0.302. The zero-order valence-electron chi connectivity index (χ0n) is 17.3. The third kappa shape index (κ3) is 4.35. The Kier molecular flexibility index (Phi) is 5.74. The van der Waals surface area contributed by atoms with Crippen molar-refractivity contribution in [2.45, 2.75) is 71.2 Å². The van der Waals surface area contributed by atoms with E-state index in [-0.39, 0.29) is 24.1 Å². The molecule has 7 heteroatoms. The molecule has 0 aliphatic carbocycles. The van der Waals surface area contributed by atoms with Crippen LogP contribution in [0.15, 0.2) is 30.7 Å². The van der Waals surface area contributed by atoms with Gasteiger partial charge in [-0.2, -0.15) is 5.10 Å². The van der Waals surface area contributed by atoms with Crippen molar-refractivity contribution in [2.75, 3.05) is 6.54 Å². The maximum Gasteiger partial charge on any atom is 0.259 e. The molecule has 2 atom stereocenters. The van der Waals surface area contributed by atoms with E-state index in [2.05, 4.69) is 17.0 Å². The molecule has 1 fully saturated rings. The standard InChI is InChI=1S/C21H30N4O3/c1-14(2)28-19-18(7-6-10-22-19)20(26)24-13-17(9-8-15(24)3)25-12-16(11-23-25)21(4,5)27/h6-7,10-12,14-15,17,27H,8-9,13H2,1-5H3/t15-,17-/m1/s1. The molecule has 0 radical (unpaired) electrons. The summed E-state index contributed by atoms with van der Waals surface area (Å²) in [5, 5.41) is 14.6. The van der Waals surface area contributed by atoms with Crippen LogP contribution < -0.4 is 4.74 Å². The number of likely N-dealkylation sites (tertiary alicyclic amines) is 1. The molecule has 0 bridgehead atoms. The Labute approximate surface area is 166 Å². The summed E-state index contributed by atoms with van der Waals surface area (Å²) in [6.07, 6.45) is 6.96. The van der Waals surface area contributed by atoms with E-state index >= 15 is 0 Å². The van der Waals surface area contributed by atoms with E-state index in [1.807, 2.05) is 29.6 Å². The molecule has 1 saturated heterocycles. The van der Waals surface area contributed by atoms with Gasteiger partial charge in [0.15, 0.2) is 0 Å². The van der Waals surface area contributed by atoms with Crippen LogP contribution in [0.25, 0.3) is 0 Å². The minimum atomic E-state index is -0.936. The van der Waals surface area contributed by atoms with Gasteiger partial charge >= 0.3 is 0 Å². The van der Waals surface area contributed by atoms with Crippen LogP contribution >= 0.6 is 0 Å². The number of piperidine rings is 1. The van der Waals surface area contributed by atoms with Crippen molar-refractivity contribution >= 4 is 5.91 Å². The number of rotatable bonds is 5. The van der Waals surface area contributed by atoms with Gasteiger partial charge in [-0.1, -0.05) is 0 Å². The van der Waals surface area contributed by atoms with E-state index in [1.165, 1.54) is 0 Å². The molecule has 2 aromatic rings. The van der Waals surface area contributed by atoms with Gasteiger partial charge in [0.05, 0.1) is 23.9 Å². The zero-order chi connectivity index (χ0) is 20.5. The molecule has 3 heterocycles. The van der Waals surface area contributed by atoms with Crippen molar-refractivity contribution in [3.05, 3.63) is 41.9 Å². The molecule has 7 nitrogen and oxygen atoms in total. The van der Waals surface area contributed by atoms with Crippen LogP contribution in [0.2, 0.25) is 0 Å². The first-order valence-electron chi connectivity index (χ1n) is 9.86. The molecule has 28 heavy (non-hydrogen) atoms. The van der Waals surface area contributed by atoms with Crippen LogP contribution in [0.5, 0.6) is 5.88 Å². The molecule has 0 spiro atoms. The largest absolute Gasteiger partial charge is 0.474 e. The number of ether oxygens (including phenoxy) is 1. The predicted octanol–water partition coefficient (Wildman–Crippen LogP) is 3.16. The number of carbonyl (C=O) groups excluding carboxylic acids is 1. The van der Waals surface area contributed by atoms with Crippen LogP contribution in [0, 0.1) is 0 Å². The van der Waals surface area contributed by atoms with Crippen molar-refractivity contribution in [2.24, 2.45) is 0 Å². The summed E-state index contributed by atoms with van der Waals surface area (Å²) < 4.78 is 7.61. The number of hydrogen-bond acceptors (Lipinski definition) is 5. The molecule has 152 valence electrons. The van der Waals surface area contributed by atoms with Crippen molar-refractivity contribution in [3.63, 3.8) is 0 Å². The average molecular weight is 386 g/mol. The van der Waals surface area contributed by atoms with Gasteiger partial charge in [-0.3, -0.25) is 9.48 Å². The maximum atomic E-state index is 13.3. The zero-order valence-corrected chi connectivity index (χ0v) is 17.3. The summed E-state index contributed by atoms with van der Waals surface area (Å²) in [7, 11) is 0. The first-order chi connectivity index (χ1) is 13.2. The fraction of sp³-hybridized carbons (Fsp3) is 0.571. The number of carbonyl (C=O) groups is 1. The summed E-state index contributed by atoms with van der Waals surface area (Å²) >= 11 is 0. The fourth-order valence-electron chi connectivity index (χ4n) is 3.47. The highest BCUT2D eigenvalue weighted by Gasteiger charge is 2.33. The number of nitrogens with zero attached hydrogens (tertiary/aromatic N) is 4. The Balaban J connectivity index is 1.82. The lowest BCUT2D eigenvalue weighted by Crippen LogP contribution is -2.46. The molecule has 3 rings (SSSR count). The Morgan fingerprint density at radius 2 is 2.11 bits per heavy atom. The topological polar surface area (TPSA) is 80.5 Å². The van der Waals surface area contributed by atoms with Crippen molar-refractivity contribution in [1.82, 2.24) is 19.7 Å². The minimum Gasteiger partial charge on any atom is -0.474 e. The molecule has 0 unspecified atom stereocenters. The van der Waals surface area contributed by atoms with Gasteiger partial charge in [-0.25, -0.2) is 4.98 Å². The number of hydrogen-bond donors (Lipinski definition) is 1. The van der Waals surface area contributed by atoms with E-state index in [0.717, 1.165) is 18.4 Å². The predicted molar refractivity (Wildman–Crippen MR) is 106 cm³/mol. The third-order valence-electron chi connectivity index (χ3n) is 5.15. The van der Waals surface area contributed by atoms with Crippen molar-refractivity contribution < 1.29 is 14.6 Å².